The molecule has 1 heterocycles. The van der Waals surface area contributed by atoms with Crippen LogP contribution in [0.3, 0.4) is 0 Å². The van der Waals surface area contributed by atoms with Gasteiger partial charge in [-0.3, -0.25) is 9.59 Å². The lowest BCUT2D eigenvalue weighted by Gasteiger charge is -2.08. The van der Waals surface area contributed by atoms with Crippen molar-refractivity contribution >= 4 is 40.7 Å². The molecule has 1 aromatic carbocycles. The maximum atomic E-state index is 11.8. The number of nitrogens with zero attached hydrogens (tertiary/aromatic N) is 2. The second kappa shape index (κ2) is 7.82. The van der Waals surface area contributed by atoms with Crippen LogP contribution in [0.25, 0.3) is 0 Å². The third kappa shape index (κ3) is 4.47. The average molecular weight is 341 g/mol. The van der Waals surface area contributed by atoms with Crippen LogP contribution in [0.1, 0.15) is 6.42 Å². The van der Waals surface area contributed by atoms with Gasteiger partial charge in [-0.25, -0.2) is 4.98 Å². The maximum Gasteiger partial charge on any atom is 0.313 e. The number of rotatable bonds is 5. The molecule has 8 heteroatoms. The molecule has 2 N–H and O–H groups in total. The second-order valence-corrected chi connectivity index (χ2v) is 5.25. The van der Waals surface area contributed by atoms with Crippen LogP contribution in [0.15, 0.2) is 36.9 Å². The lowest BCUT2D eigenvalue weighted by molar-refractivity contribution is -0.136. The third-order valence-corrected chi connectivity index (χ3v) is 3.66. The summed E-state index contributed by atoms with van der Waals surface area (Å²) >= 11 is 11.8. The van der Waals surface area contributed by atoms with E-state index in [-0.39, 0.29) is 5.02 Å². The molecule has 0 aliphatic rings. The van der Waals surface area contributed by atoms with Gasteiger partial charge in [-0.2, -0.15) is 0 Å². The minimum atomic E-state index is -0.785. The summed E-state index contributed by atoms with van der Waals surface area (Å²) in [7, 11) is 0. The van der Waals surface area contributed by atoms with Crippen LogP contribution in [0.4, 0.5) is 5.69 Å². The fourth-order valence-electron chi connectivity index (χ4n) is 1.74. The summed E-state index contributed by atoms with van der Waals surface area (Å²) < 4.78 is 1.89. The summed E-state index contributed by atoms with van der Waals surface area (Å²) in [5, 5.41) is 5.47. The van der Waals surface area contributed by atoms with Crippen LogP contribution in [0.2, 0.25) is 10.0 Å². The minimum Gasteiger partial charge on any atom is -0.348 e. The van der Waals surface area contributed by atoms with E-state index in [1.165, 1.54) is 0 Å². The van der Waals surface area contributed by atoms with Gasteiger partial charge < -0.3 is 15.2 Å². The Kier molecular flexibility index (Phi) is 5.80. The van der Waals surface area contributed by atoms with Crippen molar-refractivity contribution < 1.29 is 9.59 Å². The number of benzene rings is 1. The number of amides is 2. The van der Waals surface area contributed by atoms with Gasteiger partial charge in [-0.05, 0) is 18.6 Å². The Hall–Kier alpha value is -2.05. The summed E-state index contributed by atoms with van der Waals surface area (Å²) in [5.41, 5.74) is 0.299. The lowest BCUT2D eigenvalue weighted by atomic mass is 10.3. The van der Waals surface area contributed by atoms with Crippen LogP contribution >= 0.6 is 23.2 Å². The zero-order valence-corrected chi connectivity index (χ0v) is 13.1. The SMILES string of the molecule is O=C(NCCCn1ccnc1)C(=O)Nc1cccc(Cl)c1Cl. The topological polar surface area (TPSA) is 76.0 Å². The molecule has 2 aromatic rings. The van der Waals surface area contributed by atoms with Gasteiger partial charge in [0.05, 0.1) is 22.1 Å². The number of carbonyl (C=O) groups is 2. The molecule has 6 nitrogen and oxygen atoms in total. The van der Waals surface area contributed by atoms with Crippen molar-refractivity contribution in [3.8, 4) is 0 Å². The maximum absolute atomic E-state index is 11.8. The first kappa shape index (κ1) is 16.3. The summed E-state index contributed by atoms with van der Waals surface area (Å²) in [6.45, 7) is 1.09. The number of hydrogen-bond acceptors (Lipinski definition) is 3. The zero-order chi connectivity index (χ0) is 15.9. The molecule has 0 spiro atoms. The predicted octanol–water partition coefficient (Wildman–Crippen LogP) is 2.33. The van der Waals surface area contributed by atoms with Crippen molar-refractivity contribution in [1.29, 1.82) is 0 Å². The molecule has 0 aliphatic carbocycles. The highest BCUT2D eigenvalue weighted by Gasteiger charge is 2.15. The van der Waals surface area contributed by atoms with E-state index in [0.29, 0.717) is 30.2 Å². The predicted molar refractivity (Wildman–Crippen MR) is 84.9 cm³/mol. The van der Waals surface area contributed by atoms with E-state index in [9.17, 15) is 9.59 Å². The first-order chi connectivity index (χ1) is 10.6. The van der Waals surface area contributed by atoms with Gasteiger partial charge in [0, 0.05) is 25.5 Å². The molecule has 0 saturated carbocycles. The fourth-order valence-corrected chi connectivity index (χ4v) is 2.09. The monoisotopic (exact) mass is 340 g/mol. The van der Waals surface area contributed by atoms with Gasteiger partial charge in [-0.15, -0.1) is 0 Å². The van der Waals surface area contributed by atoms with Crippen molar-refractivity contribution in [2.45, 2.75) is 13.0 Å². The largest absolute Gasteiger partial charge is 0.348 e. The molecule has 0 unspecified atom stereocenters. The van der Waals surface area contributed by atoms with Gasteiger partial charge >= 0.3 is 11.8 Å². The van der Waals surface area contributed by atoms with E-state index < -0.39 is 11.8 Å². The molecule has 2 rings (SSSR count). The van der Waals surface area contributed by atoms with Crippen molar-refractivity contribution in [2.75, 3.05) is 11.9 Å². The summed E-state index contributed by atoms with van der Waals surface area (Å²) in [5.74, 6) is -1.51. The normalized spacial score (nSPS) is 10.3. The third-order valence-electron chi connectivity index (χ3n) is 2.84. The summed E-state index contributed by atoms with van der Waals surface area (Å²) in [6, 6.07) is 4.79. The van der Waals surface area contributed by atoms with E-state index in [2.05, 4.69) is 15.6 Å². The highest BCUT2D eigenvalue weighted by atomic mass is 35.5. The number of anilines is 1. The smallest absolute Gasteiger partial charge is 0.313 e. The molecule has 116 valence electrons. The van der Waals surface area contributed by atoms with Crippen molar-refractivity contribution in [1.82, 2.24) is 14.9 Å². The number of aromatic nitrogens is 2. The number of hydrogen-bond donors (Lipinski definition) is 2. The van der Waals surface area contributed by atoms with Gasteiger partial charge in [0.1, 0.15) is 0 Å². The minimum absolute atomic E-state index is 0.199. The van der Waals surface area contributed by atoms with Crippen LogP contribution in [-0.2, 0) is 16.1 Å². The van der Waals surface area contributed by atoms with Crippen LogP contribution in [0.5, 0.6) is 0 Å². The summed E-state index contributed by atoms with van der Waals surface area (Å²) in [4.78, 5) is 27.4. The molecule has 0 aliphatic heterocycles. The molecular weight excluding hydrogens is 327 g/mol. The Labute approximate surface area is 137 Å². The van der Waals surface area contributed by atoms with Crippen molar-refractivity contribution in [3.63, 3.8) is 0 Å². The van der Waals surface area contributed by atoms with Gasteiger partial charge in [0.2, 0.25) is 0 Å². The first-order valence-corrected chi connectivity index (χ1v) is 7.32. The number of nitrogens with one attached hydrogen (secondary N) is 2. The number of aryl methyl sites for hydroxylation is 1. The Morgan fingerprint density at radius 2 is 2.05 bits per heavy atom. The van der Waals surface area contributed by atoms with Crippen LogP contribution < -0.4 is 10.6 Å². The standard InChI is InChI=1S/C14H14Cl2N4O2/c15-10-3-1-4-11(12(10)16)19-14(22)13(21)18-5-2-7-20-8-6-17-9-20/h1,3-4,6,8-9H,2,5,7H2,(H,18,21)(H,19,22). The van der Waals surface area contributed by atoms with Crippen molar-refractivity contribution in [2.24, 2.45) is 0 Å². The van der Waals surface area contributed by atoms with Gasteiger partial charge in [0.25, 0.3) is 0 Å². The molecule has 2 amide bonds. The van der Waals surface area contributed by atoms with Crippen molar-refractivity contribution in [3.05, 3.63) is 47.0 Å². The van der Waals surface area contributed by atoms with E-state index in [4.69, 9.17) is 23.2 Å². The molecule has 0 radical (unpaired) electrons. The number of imidazole rings is 1. The van der Waals surface area contributed by atoms with Gasteiger partial charge in [-0.1, -0.05) is 29.3 Å². The Bertz CT molecular complexity index is 659. The summed E-state index contributed by atoms with van der Waals surface area (Å²) in [6.07, 6.45) is 5.89. The number of halogens is 2. The number of carbonyl (C=O) groups excluding carboxylic acids is 2. The molecule has 0 fully saturated rings. The first-order valence-electron chi connectivity index (χ1n) is 6.57. The quantitative estimate of drug-likeness (QED) is 0.647. The second-order valence-electron chi connectivity index (χ2n) is 4.47. The van der Waals surface area contributed by atoms with Crippen LogP contribution in [0, 0.1) is 0 Å². The van der Waals surface area contributed by atoms with E-state index in [0.717, 1.165) is 0 Å². The van der Waals surface area contributed by atoms with E-state index in [1.54, 1.807) is 30.7 Å². The molecule has 0 bridgehead atoms. The lowest BCUT2D eigenvalue weighted by Crippen LogP contribution is -2.36. The van der Waals surface area contributed by atoms with E-state index in [1.807, 2.05) is 10.8 Å². The Balaban J connectivity index is 1.77. The zero-order valence-electron chi connectivity index (χ0n) is 11.6. The van der Waals surface area contributed by atoms with Gasteiger partial charge in [0.15, 0.2) is 0 Å². The van der Waals surface area contributed by atoms with E-state index >= 15 is 0 Å². The molecule has 0 atom stereocenters. The Morgan fingerprint density at radius 3 is 2.77 bits per heavy atom. The Morgan fingerprint density at radius 1 is 1.23 bits per heavy atom. The fraction of sp³-hybridized carbons (Fsp3) is 0.214. The molecule has 22 heavy (non-hydrogen) atoms. The molecule has 1 aromatic heterocycles. The molecular formula is C14H14Cl2N4O2. The highest BCUT2D eigenvalue weighted by molar-refractivity contribution is 6.45. The average Bonchev–Trinajstić information content (AvgIpc) is 3.01. The molecule has 0 saturated heterocycles. The van der Waals surface area contributed by atoms with Crippen LogP contribution in [-0.4, -0.2) is 27.9 Å². The highest BCUT2D eigenvalue weighted by Crippen LogP contribution is 2.29.